The molecule has 0 aliphatic carbocycles. The topological polar surface area (TPSA) is 72.1 Å². The van der Waals surface area contributed by atoms with Gasteiger partial charge < -0.3 is 10.6 Å². The summed E-state index contributed by atoms with van der Waals surface area (Å²) in [5.74, 6) is -0.140. The van der Waals surface area contributed by atoms with Crippen LogP contribution in [0.25, 0.3) is 0 Å². The number of anilines is 2. The number of hydrogen-bond donors (Lipinski definition) is 1. The van der Waals surface area contributed by atoms with Gasteiger partial charge in [0.25, 0.3) is 5.91 Å². The minimum Gasteiger partial charge on any atom is -0.396 e. The van der Waals surface area contributed by atoms with Gasteiger partial charge in [0, 0.05) is 25.1 Å². The van der Waals surface area contributed by atoms with E-state index in [9.17, 15) is 4.79 Å². The van der Waals surface area contributed by atoms with E-state index < -0.39 is 0 Å². The summed E-state index contributed by atoms with van der Waals surface area (Å²) >= 11 is 0. The van der Waals surface area contributed by atoms with Gasteiger partial charge in [-0.15, -0.1) is 0 Å². The highest BCUT2D eigenvalue weighted by molar-refractivity contribution is 6.07. The molecule has 2 N–H and O–H groups in total. The predicted octanol–water partition coefficient (Wildman–Crippen LogP) is 1.64. The molecule has 5 nitrogen and oxygen atoms in total. The van der Waals surface area contributed by atoms with Crippen molar-refractivity contribution in [2.75, 3.05) is 17.7 Å². The molecule has 0 spiro atoms. The van der Waals surface area contributed by atoms with Crippen LogP contribution in [0.5, 0.6) is 0 Å². The van der Waals surface area contributed by atoms with Crippen molar-refractivity contribution in [3.63, 3.8) is 0 Å². The van der Waals surface area contributed by atoms with Gasteiger partial charge in [0.15, 0.2) is 0 Å². The van der Waals surface area contributed by atoms with Gasteiger partial charge in [0.2, 0.25) is 0 Å². The second-order valence-corrected chi connectivity index (χ2v) is 3.94. The summed E-state index contributed by atoms with van der Waals surface area (Å²) in [6.07, 6.45) is 4.79. The van der Waals surface area contributed by atoms with Crippen LogP contribution in [0, 0.1) is 6.92 Å². The van der Waals surface area contributed by atoms with Crippen molar-refractivity contribution in [1.29, 1.82) is 0 Å². The lowest BCUT2D eigenvalue weighted by Gasteiger charge is -2.19. The van der Waals surface area contributed by atoms with Gasteiger partial charge in [-0.2, -0.15) is 0 Å². The zero-order chi connectivity index (χ0) is 13.1. The first-order valence-corrected chi connectivity index (χ1v) is 5.50. The number of nitrogen functional groups attached to an aromatic ring is 1. The Kier molecular flexibility index (Phi) is 3.23. The van der Waals surface area contributed by atoms with Crippen LogP contribution in [0.4, 0.5) is 11.4 Å². The van der Waals surface area contributed by atoms with E-state index in [-0.39, 0.29) is 5.91 Å². The average Bonchev–Trinajstić information content (AvgIpc) is 2.38. The molecule has 18 heavy (non-hydrogen) atoms. The molecule has 0 fully saturated rings. The van der Waals surface area contributed by atoms with Crippen molar-refractivity contribution in [2.45, 2.75) is 6.92 Å². The van der Waals surface area contributed by atoms with Gasteiger partial charge in [0.05, 0.1) is 23.1 Å². The number of amides is 1. The van der Waals surface area contributed by atoms with Crippen molar-refractivity contribution in [1.82, 2.24) is 9.97 Å². The second-order valence-electron chi connectivity index (χ2n) is 3.94. The molecule has 2 rings (SSSR count). The molecule has 0 aromatic carbocycles. The van der Waals surface area contributed by atoms with E-state index in [0.717, 1.165) is 0 Å². The van der Waals surface area contributed by atoms with E-state index in [1.807, 2.05) is 0 Å². The highest BCUT2D eigenvalue weighted by Gasteiger charge is 2.17. The number of carbonyl (C=O) groups is 1. The molecule has 0 unspecified atom stereocenters. The molecule has 0 saturated heterocycles. The fraction of sp³-hybridized carbons (Fsp3) is 0.154. The number of carbonyl (C=O) groups excluding carboxylic acids is 1. The first kappa shape index (κ1) is 12.0. The summed E-state index contributed by atoms with van der Waals surface area (Å²) in [7, 11) is 1.68. The summed E-state index contributed by atoms with van der Waals surface area (Å²) in [6.45, 7) is 1.80. The third-order valence-corrected chi connectivity index (χ3v) is 2.73. The third kappa shape index (κ3) is 2.15. The number of aryl methyl sites for hydroxylation is 1. The molecular formula is C13H14N4O. The third-order valence-electron chi connectivity index (χ3n) is 2.73. The van der Waals surface area contributed by atoms with Crippen LogP contribution >= 0.6 is 0 Å². The SMILES string of the molecule is Cc1ncccc1C(=O)N(C)c1ccncc1N. The summed E-state index contributed by atoms with van der Waals surface area (Å²) in [4.78, 5) is 21.8. The van der Waals surface area contributed by atoms with Crippen LogP contribution in [-0.2, 0) is 0 Å². The zero-order valence-electron chi connectivity index (χ0n) is 10.3. The van der Waals surface area contributed by atoms with E-state index in [1.165, 1.54) is 11.1 Å². The number of pyridine rings is 2. The maximum absolute atomic E-state index is 12.3. The Hall–Kier alpha value is -2.43. The van der Waals surface area contributed by atoms with Gasteiger partial charge >= 0.3 is 0 Å². The first-order valence-electron chi connectivity index (χ1n) is 5.50. The van der Waals surface area contributed by atoms with E-state index in [4.69, 9.17) is 5.73 Å². The average molecular weight is 242 g/mol. The van der Waals surface area contributed by atoms with Crippen molar-refractivity contribution in [3.05, 3.63) is 48.0 Å². The molecule has 2 aromatic heterocycles. The summed E-state index contributed by atoms with van der Waals surface area (Å²) in [6, 6.07) is 5.20. The van der Waals surface area contributed by atoms with Crippen LogP contribution < -0.4 is 10.6 Å². The van der Waals surface area contributed by atoms with E-state index in [2.05, 4.69) is 9.97 Å². The Balaban J connectivity index is 2.36. The lowest BCUT2D eigenvalue weighted by atomic mass is 10.1. The minimum atomic E-state index is -0.140. The van der Waals surface area contributed by atoms with Crippen molar-refractivity contribution >= 4 is 17.3 Å². The fourth-order valence-corrected chi connectivity index (χ4v) is 1.71. The van der Waals surface area contributed by atoms with Crippen LogP contribution in [0.1, 0.15) is 16.1 Å². The molecule has 1 amide bonds. The standard InChI is InChI=1S/C13H14N4O/c1-9-10(4-3-6-16-9)13(18)17(2)12-5-7-15-8-11(12)14/h3-8H,14H2,1-2H3. The normalized spacial score (nSPS) is 10.1. The largest absolute Gasteiger partial charge is 0.396 e. The van der Waals surface area contributed by atoms with Gasteiger partial charge in [-0.3, -0.25) is 14.8 Å². The summed E-state index contributed by atoms with van der Waals surface area (Å²) in [5.41, 5.74) is 8.17. The molecular weight excluding hydrogens is 228 g/mol. The maximum atomic E-state index is 12.3. The van der Waals surface area contributed by atoms with E-state index in [1.54, 1.807) is 44.6 Å². The smallest absolute Gasteiger partial charge is 0.259 e. The lowest BCUT2D eigenvalue weighted by Crippen LogP contribution is -2.27. The highest BCUT2D eigenvalue weighted by atomic mass is 16.2. The quantitative estimate of drug-likeness (QED) is 0.869. The second kappa shape index (κ2) is 4.83. The molecule has 0 bridgehead atoms. The van der Waals surface area contributed by atoms with Gasteiger partial charge in [0.1, 0.15) is 0 Å². The fourth-order valence-electron chi connectivity index (χ4n) is 1.71. The molecule has 2 aromatic rings. The number of aromatic nitrogens is 2. The Morgan fingerprint density at radius 3 is 2.78 bits per heavy atom. The number of rotatable bonds is 2. The number of nitrogens with zero attached hydrogens (tertiary/aromatic N) is 3. The molecule has 0 radical (unpaired) electrons. The number of hydrogen-bond acceptors (Lipinski definition) is 4. The van der Waals surface area contributed by atoms with Crippen molar-refractivity contribution in [2.24, 2.45) is 0 Å². The molecule has 0 aliphatic heterocycles. The van der Waals surface area contributed by atoms with E-state index >= 15 is 0 Å². The van der Waals surface area contributed by atoms with Crippen LogP contribution in [0.2, 0.25) is 0 Å². The Bertz CT molecular complexity index is 583. The van der Waals surface area contributed by atoms with Crippen LogP contribution in [0.3, 0.4) is 0 Å². The predicted molar refractivity (Wildman–Crippen MR) is 70.4 cm³/mol. The van der Waals surface area contributed by atoms with Gasteiger partial charge in [-0.25, -0.2) is 0 Å². The zero-order valence-corrected chi connectivity index (χ0v) is 10.3. The van der Waals surface area contributed by atoms with Gasteiger partial charge in [-0.1, -0.05) is 0 Å². The highest BCUT2D eigenvalue weighted by Crippen LogP contribution is 2.22. The number of nitrogens with two attached hydrogens (primary N) is 1. The monoisotopic (exact) mass is 242 g/mol. The lowest BCUT2D eigenvalue weighted by molar-refractivity contribution is 0.0992. The van der Waals surface area contributed by atoms with Crippen LogP contribution in [-0.4, -0.2) is 22.9 Å². The van der Waals surface area contributed by atoms with Crippen molar-refractivity contribution in [3.8, 4) is 0 Å². The van der Waals surface area contributed by atoms with E-state index in [0.29, 0.717) is 22.6 Å². The molecule has 92 valence electrons. The Labute approximate surface area is 105 Å². The molecule has 2 heterocycles. The summed E-state index contributed by atoms with van der Waals surface area (Å²) < 4.78 is 0. The summed E-state index contributed by atoms with van der Waals surface area (Å²) in [5, 5.41) is 0. The van der Waals surface area contributed by atoms with Crippen molar-refractivity contribution < 1.29 is 4.79 Å². The maximum Gasteiger partial charge on any atom is 0.259 e. The first-order chi connectivity index (χ1) is 8.61. The van der Waals surface area contributed by atoms with Crippen LogP contribution in [0.15, 0.2) is 36.8 Å². The Morgan fingerprint density at radius 1 is 1.33 bits per heavy atom. The molecule has 0 aliphatic rings. The van der Waals surface area contributed by atoms with Gasteiger partial charge in [-0.05, 0) is 25.1 Å². The minimum absolute atomic E-state index is 0.140. The molecule has 0 saturated carbocycles. The molecule has 0 atom stereocenters. The Morgan fingerprint density at radius 2 is 2.11 bits per heavy atom. The molecule has 5 heteroatoms.